The summed E-state index contributed by atoms with van der Waals surface area (Å²) < 4.78 is 0. The molecule has 1 rings (SSSR count). The molecule has 0 saturated heterocycles. The second-order valence-corrected chi connectivity index (χ2v) is 6.90. The fraction of sp³-hybridized carbons (Fsp3) is 0.933. The number of nitrogens with one attached hydrogen (secondary N) is 1. The second-order valence-electron chi connectivity index (χ2n) is 6.90. The third kappa shape index (κ3) is 3.98. The van der Waals surface area contributed by atoms with E-state index >= 15 is 0 Å². The standard InChI is InChI=1S/C15H30N2O/c1-10(2)12-6-8-15(5,9-7-12)17-14(18)13(16)11(3)4/h10-13H,6-9,16H2,1-5H3,(H,17,18)/t12?,13-,15?/m0/s1. The number of rotatable bonds is 4. The summed E-state index contributed by atoms with van der Waals surface area (Å²) in [6, 6.07) is -0.385. The van der Waals surface area contributed by atoms with Crippen LogP contribution in [0.5, 0.6) is 0 Å². The maximum absolute atomic E-state index is 12.0. The molecule has 0 bridgehead atoms. The zero-order valence-corrected chi connectivity index (χ0v) is 12.6. The lowest BCUT2D eigenvalue weighted by Gasteiger charge is -2.40. The maximum Gasteiger partial charge on any atom is 0.237 e. The van der Waals surface area contributed by atoms with Gasteiger partial charge in [0.05, 0.1) is 6.04 Å². The van der Waals surface area contributed by atoms with Crippen LogP contribution in [0.2, 0.25) is 0 Å². The number of carbonyl (C=O) groups is 1. The maximum atomic E-state index is 12.0. The van der Waals surface area contributed by atoms with Gasteiger partial charge in [0.2, 0.25) is 5.91 Å². The first-order valence-corrected chi connectivity index (χ1v) is 7.33. The molecule has 3 nitrogen and oxygen atoms in total. The lowest BCUT2D eigenvalue weighted by atomic mass is 9.73. The first-order valence-electron chi connectivity index (χ1n) is 7.33. The van der Waals surface area contributed by atoms with E-state index in [1.165, 1.54) is 12.8 Å². The molecule has 0 radical (unpaired) electrons. The average molecular weight is 254 g/mol. The summed E-state index contributed by atoms with van der Waals surface area (Å²) in [4.78, 5) is 12.0. The van der Waals surface area contributed by atoms with Crippen molar-refractivity contribution in [1.29, 1.82) is 0 Å². The third-order valence-electron chi connectivity index (χ3n) is 4.52. The van der Waals surface area contributed by atoms with E-state index in [0.717, 1.165) is 24.7 Å². The average Bonchev–Trinajstić information content (AvgIpc) is 2.27. The summed E-state index contributed by atoms with van der Waals surface area (Å²) in [7, 11) is 0. The van der Waals surface area contributed by atoms with E-state index in [0.29, 0.717) is 0 Å². The molecule has 1 fully saturated rings. The Morgan fingerprint density at radius 3 is 2.11 bits per heavy atom. The van der Waals surface area contributed by atoms with Crippen molar-refractivity contribution in [1.82, 2.24) is 5.32 Å². The van der Waals surface area contributed by atoms with Gasteiger partial charge >= 0.3 is 0 Å². The van der Waals surface area contributed by atoms with Crippen LogP contribution in [0.3, 0.4) is 0 Å². The fourth-order valence-corrected chi connectivity index (χ4v) is 2.75. The van der Waals surface area contributed by atoms with E-state index in [9.17, 15) is 4.79 Å². The molecule has 1 aliphatic rings. The first kappa shape index (κ1) is 15.5. The van der Waals surface area contributed by atoms with E-state index in [1.54, 1.807) is 0 Å². The lowest BCUT2D eigenvalue weighted by Crippen LogP contribution is -2.54. The van der Waals surface area contributed by atoms with Gasteiger partial charge in [-0.15, -0.1) is 0 Å². The van der Waals surface area contributed by atoms with Crippen LogP contribution < -0.4 is 11.1 Å². The molecule has 1 aliphatic carbocycles. The quantitative estimate of drug-likeness (QED) is 0.810. The van der Waals surface area contributed by atoms with Crippen molar-refractivity contribution in [2.45, 2.75) is 71.9 Å². The minimum Gasteiger partial charge on any atom is -0.350 e. The Bertz CT molecular complexity index is 278. The highest BCUT2D eigenvalue weighted by molar-refractivity contribution is 5.82. The molecule has 18 heavy (non-hydrogen) atoms. The summed E-state index contributed by atoms with van der Waals surface area (Å²) >= 11 is 0. The van der Waals surface area contributed by atoms with Crippen molar-refractivity contribution in [3.63, 3.8) is 0 Å². The smallest absolute Gasteiger partial charge is 0.237 e. The number of hydrogen-bond acceptors (Lipinski definition) is 2. The molecule has 0 aromatic heterocycles. The highest BCUT2D eigenvalue weighted by Crippen LogP contribution is 2.35. The van der Waals surface area contributed by atoms with Gasteiger partial charge in [0.1, 0.15) is 0 Å². The minimum absolute atomic E-state index is 0.00972. The molecule has 106 valence electrons. The molecule has 3 N–H and O–H groups in total. The van der Waals surface area contributed by atoms with E-state index in [1.807, 2.05) is 13.8 Å². The highest BCUT2D eigenvalue weighted by atomic mass is 16.2. The molecule has 1 amide bonds. The Kier molecular flexibility index (Phi) is 5.20. The highest BCUT2D eigenvalue weighted by Gasteiger charge is 2.34. The van der Waals surface area contributed by atoms with Crippen LogP contribution in [0.4, 0.5) is 0 Å². The number of hydrogen-bond donors (Lipinski definition) is 2. The number of nitrogens with two attached hydrogens (primary N) is 1. The van der Waals surface area contributed by atoms with Crippen molar-refractivity contribution in [2.24, 2.45) is 23.5 Å². The Hall–Kier alpha value is -0.570. The fourth-order valence-electron chi connectivity index (χ4n) is 2.75. The molecule has 0 spiro atoms. The van der Waals surface area contributed by atoms with Gasteiger partial charge in [-0.3, -0.25) is 4.79 Å². The first-order chi connectivity index (χ1) is 8.25. The van der Waals surface area contributed by atoms with Gasteiger partial charge in [0.25, 0.3) is 0 Å². The van der Waals surface area contributed by atoms with E-state index in [4.69, 9.17) is 5.73 Å². The number of amides is 1. The molecule has 0 aliphatic heterocycles. The SMILES string of the molecule is CC(C)C1CCC(C)(NC(=O)[C@@H](N)C(C)C)CC1. The zero-order valence-electron chi connectivity index (χ0n) is 12.6. The molecular formula is C15H30N2O. The van der Waals surface area contributed by atoms with Gasteiger partial charge in [-0.2, -0.15) is 0 Å². The summed E-state index contributed by atoms with van der Waals surface area (Å²) in [5, 5.41) is 3.17. The van der Waals surface area contributed by atoms with E-state index in [2.05, 4.69) is 26.1 Å². The van der Waals surface area contributed by atoms with Crippen molar-refractivity contribution in [3.8, 4) is 0 Å². The molecule has 0 unspecified atom stereocenters. The van der Waals surface area contributed by atoms with Crippen molar-refractivity contribution in [3.05, 3.63) is 0 Å². The van der Waals surface area contributed by atoms with Crippen molar-refractivity contribution in [2.75, 3.05) is 0 Å². The van der Waals surface area contributed by atoms with Crippen LogP contribution >= 0.6 is 0 Å². The Morgan fingerprint density at radius 2 is 1.72 bits per heavy atom. The Morgan fingerprint density at radius 1 is 1.22 bits per heavy atom. The molecule has 0 aromatic rings. The van der Waals surface area contributed by atoms with Gasteiger partial charge in [-0.25, -0.2) is 0 Å². The van der Waals surface area contributed by atoms with Gasteiger partial charge in [0.15, 0.2) is 0 Å². The van der Waals surface area contributed by atoms with Crippen LogP contribution in [0.25, 0.3) is 0 Å². The van der Waals surface area contributed by atoms with Crippen LogP contribution in [-0.2, 0) is 4.79 Å². The summed E-state index contributed by atoms with van der Waals surface area (Å²) in [5.41, 5.74) is 5.85. The van der Waals surface area contributed by atoms with Crippen LogP contribution in [0, 0.1) is 17.8 Å². The largest absolute Gasteiger partial charge is 0.350 e. The Labute approximate surface area is 112 Å². The summed E-state index contributed by atoms with van der Waals surface area (Å²) in [6.07, 6.45) is 4.58. The normalized spacial score (nSPS) is 30.6. The van der Waals surface area contributed by atoms with Crippen molar-refractivity contribution < 1.29 is 4.79 Å². The summed E-state index contributed by atoms with van der Waals surface area (Å²) in [5.74, 6) is 1.77. The topological polar surface area (TPSA) is 55.1 Å². The lowest BCUT2D eigenvalue weighted by molar-refractivity contribution is -0.125. The zero-order chi connectivity index (χ0) is 13.9. The van der Waals surface area contributed by atoms with Gasteiger partial charge < -0.3 is 11.1 Å². The molecule has 1 atom stereocenters. The predicted molar refractivity (Wildman–Crippen MR) is 76.2 cm³/mol. The van der Waals surface area contributed by atoms with Gasteiger partial charge in [-0.05, 0) is 50.4 Å². The second kappa shape index (κ2) is 6.05. The van der Waals surface area contributed by atoms with E-state index < -0.39 is 0 Å². The van der Waals surface area contributed by atoms with Crippen molar-refractivity contribution >= 4 is 5.91 Å². The van der Waals surface area contributed by atoms with Gasteiger partial charge in [0, 0.05) is 5.54 Å². The monoisotopic (exact) mass is 254 g/mol. The third-order valence-corrected chi connectivity index (χ3v) is 4.52. The molecule has 0 aromatic carbocycles. The summed E-state index contributed by atoms with van der Waals surface area (Å²) in [6.45, 7) is 10.7. The molecule has 3 heteroatoms. The van der Waals surface area contributed by atoms with Crippen LogP contribution in [0.15, 0.2) is 0 Å². The minimum atomic E-state index is -0.385. The van der Waals surface area contributed by atoms with Crippen LogP contribution in [-0.4, -0.2) is 17.5 Å². The molecule has 0 heterocycles. The molecular weight excluding hydrogens is 224 g/mol. The van der Waals surface area contributed by atoms with E-state index in [-0.39, 0.29) is 23.4 Å². The van der Waals surface area contributed by atoms with Gasteiger partial charge in [-0.1, -0.05) is 27.7 Å². The van der Waals surface area contributed by atoms with Crippen LogP contribution in [0.1, 0.15) is 60.3 Å². The Balaban J connectivity index is 2.50. The molecule has 1 saturated carbocycles. The number of carbonyl (C=O) groups excluding carboxylic acids is 1. The predicted octanol–water partition coefficient (Wildman–Crippen LogP) is 2.69.